The van der Waals surface area contributed by atoms with Crippen LogP contribution in [0.2, 0.25) is 0 Å². The maximum absolute atomic E-state index is 13.1. The van der Waals surface area contributed by atoms with Crippen molar-refractivity contribution in [2.45, 2.75) is 6.42 Å². The lowest BCUT2D eigenvalue weighted by Gasteiger charge is -2.26. The Hall–Kier alpha value is -0.480. The third kappa shape index (κ3) is 2.06. The summed E-state index contributed by atoms with van der Waals surface area (Å²) in [6.07, 6.45) is 2.27. The first kappa shape index (κ1) is 9.09. The minimum Gasteiger partial charge on any atom is -0.316 e. The molecule has 13 heavy (non-hydrogen) atoms. The van der Waals surface area contributed by atoms with Crippen molar-refractivity contribution in [1.82, 2.24) is 10.3 Å². The molecule has 70 valence electrons. The number of hydrogen-bond donors (Lipinski definition) is 1. The first-order valence-electron chi connectivity index (χ1n) is 4.26. The Kier molecular flexibility index (Phi) is 2.60. The van der Waals surface area contributed by atoms with Gasteiger partial charge in [-0.15, -0.1) is 0 Å². The van der Waals surface area contributed by atoms with Crippen LogP contribution in [0.25, 0.3) is 0 Å². The smallest absolute Gasteiger partial charge is 0.216 e. The lowest BCUT2D eigenvalue weighted by Crippen LogP contribution is -2.43. The molecule has 2 heterocycles. The fourth-order valence-corrected chi connectivity index (χ4v) is 1.79. The van der Waals surface area contributed by atoms with Crippen LogP contribution in [0.3, 0.4) is 0 Å². The van der Waals surface area contributed by atoms with Crippen LogP contribution in [-0.2, 0) is 6.42 Å². The number of nitrogens with one attached hydrogen (secondary N) is 1. The van der Waals surface area contributed by atoms with Crippen molar-refractivity contribution < 1.29 is 4.39 Å². The second-order valence-corrected chi connectivity index (χ2v) is 4.25. The standard InChI is InChI=1S/C9H10BrFN2/c10-8-2-7(9(11)13-5-8)1-6-3-12-4-6/h2,5-6,12H,1,3-4H2. The molecule has 0 unspecified atom stereocenters. The van der Waals surface area contributed by atoms with Gasteiger partial charge in [0.2, 0.25) is 5.95 Å². The summed E-state index contributed by atoms with van der Waals surface area (Å²) in [5, 5.41) is 3.16. The van der Waals surface area contributed by atoms with E-state index in [0.29, 0.717) is 11.5 Å². The van der Waals surface area contributed by atoms with Crippen LogP contribution in [0.4, 0.5) is 4.39 Å². The maximum Gasteiger partial charge on any atom is 0.216 e. The van der Waals surface area contributed by atoms with Crippen LogP contribution < -0.4 is 5.32 Å². The number of rotatable bonds is 2. The third-order valence-corrected chi connectivity index (χ3v) is 2.69. The minimum absolute atomic E-state index is 0.338. The van der Waals surface area contributed by atoms with Crippen molar-refractivity contribution in [3.8, 4) is 0 Å². The molecule has 1 aromatic heterocycles. The summed E-state index contributed by atoms with van der Waals surface area (Å²) in [4.78, 5) is 3.66. The molecule has 0 saturated carbocycles. The number of pyridine rings is 1. The molecule has 1 aliphatic rings. The Morgan fingerprint density at radius 2 is 2.38 bits per heavy atom. The third-order valence-electron chi connectivity index (χ3n) is 2.25. The Morgan fingerprint density at radius 1 is 1.62 bits per heavy atom. The van der Waals surface area contributed by atoms with Gasteiger partial charge in [-0.25, -0.2) is 4.98 Å². The van der Waals surface area contributed by atoms with Crippen molar-refractivity contribution in [1.29, 1.82) is 0 Å². The quantitative estimate of drug-likeness (QED) is 0.803. The number of hydrogen-bond acceptors (Lipinski definition) is 2. The molecule has 0 atom stereocenters. The van der Waals surface area contributed by atoms with E-state index in [2.05, 4.69) is 26.2 Å². The van der Waals surface area contributed by atoms with Crippen LogP contribution in [0.5, 0.6) is 0 Å². The van der Waals surface area contributed by atoms with Gasteiger partial charge in [0.05, 0.1) is 0 Å². The molecule has 0 aliphatic carbocycles. The zero-order chi connectivity index (χ0) is 9.26. The van der Waals surface area contributed by atoms with Crippen LogP contribution >= 0.6 is 15.9 Å². The Bertz CT molecular complexity index is 312. The van der Waals surface area contributed by atoms with E-state index >= 15 is 0 Å². The summed E-state index contributed by atoms with van der Waals surface area (Å²) in [6.45, 7) is 1.98. The first-order valence-corrected chi connectivity index (χ1v) is 5.05. The molecule has 1 N–H and O–H groups in total. The molecule has 0 aromatic carbocycles. The summed E-state index contributed by atoms with van der Waals surface area (Å²) >= 11 is 3.28. The number of aromatic nitrogens is 1. The lowest BCUT2D eigenvalue weighted by atomic mass is 9.95. The molecule has 0 spiro atoms. The van der Waals surface area contributed by atoms with Crippen LogP contribution in [0.1, 0.15) is 5.56 Å². The van der Waals surface area contributed by atoms with Gasteiger partial charge in [-0.1, -0.05) is 0 Å². The van der Waals surface area contributed by atoms with Crippen molar-refractivity contribution in [3.05, 3.63) is 28.2 Å². The van der Waals surface area contributed by atoms with Gasteiger partial charge in [0.25, 0.3) is 0 Å². The molecule has 1 saturated heterocycles. The molecule has 1 aliphatic heterocycles. The monoisotopic (exact) mass is 244 g/mol. The number of nitrogens with zero attached hydrogens (tertiary/aromatic N) is 1. The van der Waals surface area contributed by atoms with Crippen molar-refractivity contribution >= 4 is 15.9 Å². The van der Waals surface area contributed by atoms with Gasteiger partial charge in [-0.3, -0.25) is 0 Å². The van der Waals surface area contributed by atoms with E-state index in [-0.39, 0.29) is 5.95 Å². The Labute approximate surface area is 84.7 Å². The topological polar surface area (TPSA) is 24.9 Å². The summed E-state index contributed by atoms with van der Waals surface area (Å²) in [6, 6.07) is 1.81. The lowest BCUT2D eigenvalue weighted by molar-refractivity contribution is 0.341. The molecule has 4 heteroatoms. The summed E-state index contributed by atoms with van der Waals surface area (Å²) in [7, 11) is 0. The van der Waals surface area contributed by atoms with Crippen molar-refractivity contribution in [2.24, 2.45) is 5.92 Å². The Balaban J connectivity index is 2.13. The molecule has 2 rings (SSSR count). The Morgan fingerprint density at radius 3 is 3.00 bits per heavy atom. The molecule has 0 amide bonds. The average Bonchev–Trinajstić information content (AvgIpc) is 2.03. The van der Waals surface area contributed by atoms with E-state index in [9.17, 15) is 4.39 Å². The van der Waals surface area contributed by atoms with E-state index in [1.54, 1.807) is 6.07 Å². The molecular weight excluding hydrogens is 235 g/mol. The minimum atomic E-state index is -0.338. The predicted molar refractivity (Wildman–Crippen MR) is 52.0 cm³/mol. The molecule has 1 aromatic rings. The van der Waals surface area contributed by atoms with Crippen molar-refractivity contribution in [3.63, 3.8) is 0 Å². The van der Waals surface area contributed by atoms with E-state index in [4.69, 9.17) is 0 Å². The average molecular weight is 245 g/mol. The van der Waals surface area contributed by atoms with Gasteiger partial charge in [-0.2, -0.15) is 4.39 Å². The first-order chi connectivity index (χ1) is 6.25. The molecular formula is C9H10BrFN2. The second kappa shape index (κ2) is 3.72. The van der Waals surface area contributed by atoms with Crippen LogP contribution in [-0.4, -0.2) is 18.1 Å². The van der Waals surface area contributed by atoms with Crippen LogP contribution in [0, 0.1) is 11.9 Å². The van der Waals surface area contributed by atoms with Crippen LogP contribution in [0.15, 0.2) is 16.7 Å². The van der Waals surface area contributed by atoms with Gasteiger partial charge in [0.15, 0.2) is 0 Å². The largest absolute Gasteiger partial charge is 0.316 e. The van der Waals surface area contributed by atoms with Gasteiger partial charge in [0, 0.05) is 16.2 Å². The highest BCUT2D eigenvalue weighted by atomic mass is 79.9. The van der Waals surface area contributed by atoms with E-state index in [1.807, 2.05) is 0 Å². The van der Waals surface area contributed by atoms with E-state index < -0.39 is 0 Å². The van der Waals surface area contributed by atoms with E-state index in [0.717, 1.165) is 24.0 Å². The molecule has 2 nitrogen and oxygen atoms in total. The maximum atomic E-state index is 13.1. The fourth-order valence-electron chi connectivity index (χ4n) is 1.41. The van der Waals surface area contributed by atoms with E-state index in [1.165, 1.54) is 6.20 Å². The normalized spacial score (nSPS) is 17.1. The van der Waals surface area contributed by atoms with Gasteiger partial charge >= 0.3 is 0 Å². The van der Waals surface area contributed by atoms with Gasteiger partial charge in [0.1, 0.15) is 0 Å². The summed E-state index contributed by atoms with van der Waals surface area (Å²) in [5.74, 6) is 0.237. The fraction of sp³-hybridized carbons (Fsp3) is 0.444. The molecule has 0 bridgehead atoms. The summed E-state index contributed by atoms with van der Waals surface area (Å²) in [5.41, 5.74) is 0.709. The zero-order valence-electron chi connectivity index (χ0n) is 7.06. The molecule has 1 fully saturated rings. The highest BCUT2D eigenvalue weighted by Gasteiger charge is 2.19. The SMILES string of the molecule is Fc1ncc(Br)cc1CC1CNC1. The predicted octanol–water partition coefficient (Wildman–Crippen LogP) is 1.75. The van der Waals surface area contributed by atoms with Crippen molar-refractivity contribution in [2.75, 3.05) is 13.1 Å². The summed E-state index contributed by atoms with van der Waals surface area (Å²) < 4.78 is 14.0. The number of halogens is 2. The van der Waals surface area contributed by atoms with Gasteiger partial charge in [-0.05, 0) is 47.4 Å². The highest BCUT2D eigenvalue weighted by molar-refractivity contribution is 9.10. The zero-order valence-corrected chi connectivity index (χ0v) is 8.64. The highest BCUT2D eigenvalue weighted by Crippen LogP contribution is 2.18. The molecule has 0 radical (unpaired) electrons. The van der Waals surface area contributed by atoms with Gasteiger partial charge < -0.3 is 5.32 Å². The second-order valence-electron chi connectivity index (χ2n) is 3.33.